The van der Waals surface area contributed by atoms with Crippen LogP contribution in [0.1, 0.15) is 91.8 Å². The number of carbonyl (C=O) groups excluding carboxylic acids is 2. The molecule has 0 spiro atoms. The normalized spacial score (nSPS) is 13.6. The molecule has 27 heavy (non-hydrogen) atoms. The van der Waals surface area contributed by atoms with Gasteiger partial charge in [0.2, 0.25) is 0 Å². The van der Waals surface area contributed by atoms with Crippen molar-refractivity contribution in [3.63, 3.8) is 0 Å². The van der Waals surface area contributed by atoms with Crippen molar-refractivity contribution in [2.24, 2.45) is 0 Å². The number of halogens is 4. The van der Waals surface area contributed by atoms with E-state index in [9.17, 15) is 9.59 Å². The lowest BCUT2D eigenvalue weighted by Crippen LogP contribution is -2.30. The Hall–Kier alpha value is -0.480. The van der Waals surface area contributed by atoms with Gasteiger partial charge in [-0.2, -0.15) is 0 Å². The number of imide groups is 1. The first-order chi connectivity index (χ1) is 12.9. The summed E-state index contributed by atoms with van der Waals surface area (Å²) in [6.45, 7) is 2.57. The Balaban J connectivity index is 1.80. The van der Waals surface area contributed by atoms with E-state index < -0.39 is 11.8 Å². The number of unbranched alkanes of at least 4 members (excludes halogenated alkanes) is 9. The summed E-state index contributed by atoms with van der Waals surface area (Å²) in [5.74, 6) is -0.896. The molecule has 1 aromatic rings. The van der Waals surface area contributed by atoms with Crippen LogP contribution in [0.4, 0.5) is 0 Å². The molecule has 1 aliphatic rings. The molecule has 0 aromatic heterocycles. The quantitative estimate of drug-likeness (QED) is 0.148. The predicted octanol–water partition coefficient (Wildman–Crippen LogP) is 7.82. The first-order valence-electron chi connectivity index (χ1n) is 9.63. The van der Waals surface area contributed by atoms with Gasteiger partial charge in [-0.15, -0.1) is 0 Å². The van der Waals surface area contributed by atoms with Crippen molar-refractivity contribution in [1.82, 2.24) is 4.90 Å². The van der Waals surface area contributed by atoms with Gasteiger partial charge in [-0.1, -0.05) is 111 Å². The largest absolute Gasteiger partial charge is 0.274 e. The van der Waals surface area contributed by atoms with E-state index in [1.807, 2.05) is 0 Å². The zero-order valence-electron chi connectivity index (χ0n) is 15.6. The fraction of sp³-hybridized carbons (Fsp3) is 0.600. The number of benzene rings is 1. The summed E-state index contributed by atoms with van der Waals surface area (Å²) < 4.78 is 0. The summed E-state index contributed by atoms with van der Waals surface area (Å²) in [5, 5.41) is -0.0111. The summed E-state index contributed by atoms with van der Waals surface area (Å²) >= 11 is 24.3. The summed E-state index contributed by atoms with van der Waals surface area (Å²) in [7, 11) is 0. The molecule has 0 bridgehead atoms. The lowest BCUT2D eigenvalue weighted by molar-refractivity contribution is 0.0651. The van der Waals surface area contributed by atoms with E-state index >= 15 is 0 Å². The second-order valence-corrected chi connectivity index (χ2v) is 8.46. The van der Waals surface area contributed by atoms with Crippen LogP contribution >= 0.6 is 46.4 Å². The van der Waals surface area contributed by atoms with E-state index in [0.29, 0.717) is 6.54 Å². The van der Waals surface area contributed by atoms with Gasteiger partial charge in [0.15, 0.2) is 0 Å². The third kappa shape index (κ3) is 5.32. The Morgan fingerprint density at radius 2 is 0.963 bits per heavy atom. The summed E-state index contributed by atoms with van der Waals surface area (Å²) in [5.41, 5.74) is 0.126. The number of nitrogens with zero attached hydrogens (tertiary/aromatic N) is 1. The van der Waals surface area contributed by atoms with Gasteiger partial charge < -0.3 is 0 Å². The highest BCUT2D eigenvalue weighted by Gasteiger charge is 2.41. The zero-order chi connectivity index (χ0) is 20.0. The predicted molar refractivity (Wildman–Crippen MR) is 114 cm³/mol. The van der Waals surface area contributed by atoms with Crippen molar-refractivity contribution < 1.29 is 9.59 Å². The monoisotopic (exact) mass is 451 g/mol. The highest BCUT2D eigenvalue weighted by Crippen LogP contribution is 2.44. The van der Waals surface area contributed by atoms with Gasteiger partial charge >= 0.3 is 0 Å². The minimum Gasteiger partial charge on any atom is -0.274 e. The van der Waals surface area contributed by atoms with Crippen LogP contribution in [0.15, 0.2) is 0 Å². The molecule has 2 amide bonds. The first-order valence-corrected chi connectivity index (χ1v) is 11.1. The van der Waals surface area contributed by atoms with Crippen LogP contribution in [0.5, 0.6) is 0 Å². The van der Waals surface area contributed by atoms with E-state index in [2.05, 4.69) is 6.92 Å². The standard InChI is InChI=1S/C20H25Cl4NO2/c1-2-3-4-5-6-7-8-9-10-11-12-25-19(26)13-14(20(25)27)16(22)18(24)17(23)15(13)21/h2-12H2,1H3. The highest BCUT2D eigenvalue weighted by molar-refractivity contribution is 6.55. The third-order valence-corrected chi connectivity index (χ3v) is 6.72. The SMILES string of the molecule is CCCCCCCCCCCCN1C(=O)c2c(Cl)c(Cl)c(Cl)c(Cl)c2C1=O. The Bertz CT molecular complexity index is 659. The smallest absolute Gasteiger partial charge is 0.263 e. The highest BCUT2D eigenvalue weighted by atomic mass is 35.5. The molecular weight excluding hydrogens is 428 g/mol. The molecule has 0 fully saturated rings. The Morgan fingerprint density at radius 1 is 0.593 bits per heavy atom. The molecule has 1 aromatic carbocycles. The molecule has 150 valence electrons. The maximum atomic E-state index is 12.6. The molecule has 0 unspecified atom stereocenters. The lowest BCUT2D eigenvalue weighted by Gasteiger charge is -2.13. The van der Waals surface area contributed by atoms with Crippen molar-refractivity contribution in [2.75, 3.05) is 6.54 Å². The minimum atomic E-state index is -0.448. The molecular formula is C20H25Cl4NO2. The Labute approximate surface area is 181 Å². The Morgan fingerprint density at radius 3 is 1.37 bits per heavy atom. The Kier molecular flexibility index (Phi) is 9.21. The third-order valence-electron chi connectivity index (χ3n) is 4.92. The molecule has 0 radical (unpaired) electrons. The van der Waals surface area contributed by atoms with Gasteiger partial charge in [0, 0.05) is 6.54 Å². The van der Waals surface area contributed by atoms with E-state index in [4.69, 9.17) is 46.4 Å². The van der Waals surface area contributed by atoms with E-state index in [1.165, 1.54) is 49.8 Å². The van der Waals surface area contributed by atoms with Crippen LogP contribution in [0.25, 0.3) is 0 Å². The first kappa shape index (κ1) is 22.8. The molecule has 3 nitrogen and oxygen atoms in total. The second-order valence-electron chi connectivity index (χ2n) is 6.95. The lowest BCUT2D eigenvalue weighted by atomic mass is 10.1. The van der Waals surface area contributed by atoms with Gasteiger partial charge in [-0.3, -0.25) is 14.5 Å². The summed E-state index contributed by atoms with van der Waals surface area (Å²) in [6.07, 6.45) is 11.8. The number of amides is 2. The van der Waals surface area contributed by atoms with Crippen LogP contribution in [-0.2, 0) is 0 Å². The molecule has 0 N–H and O–H groups in total. The summed E-state index contributed by atoms with van der Waals surface area (Å²) in [6, 6.07) is 0. The molecule has 0 aliphatic carbocycles. The molecule has 0 saturated heterocycles. The topological polar surface area (TPSA) is 37.4 Å². The van der Waals surface area contributed by atoms with Crippen molar-refractivity contribution >= 4 is 58.2 Å². The maximum Gasteiger partial charge on any atom is 0.263 e. The molecule has 1 heterocycles. The average Bonchev–Trinajstić information content (AvgIpc) is 2.90. The van der Waals surface area contributed by atoms with E-state index in [1.54, 1.807) is 0 Å². The van der Waals surface area contributed by atoms with E-state index in [-0.39, 0.29) is 31.2 Å². The molecule has 0 atom stereocenters. The minimum absolute atomic E-state index is 0.00372. The molecule has 2 rings (SSSR count). The van der Waals surface area contributed by atoms with Gasteiger partial charge in [0.1, 0.15) is 0 Å². The average molecular weight is 453 g/mol. The number of carbonyl (C=O) groups is 2. The fourth-order valence-electron chi connectivity index (χ4n) is 3.36. The fourth-order valence-corrected chi connectivity index (χ4v) is 4.37. The maximum absolute atomic E-state index is 12.6. The van der Waals surface area contributed by atoms with Gasteiger partial charge in [-0.25, -0.2) is 0 Å². The zero-order valence-corrected chi connectivity index (χ0v) is 18.6. The molecule has 1 aliphatic heterocycles. The van der Waals surface area contributed by atoms with Crippen LogP contribution in [0.2, 0.25) is 20.1 Å². The van der Waals surface area contributed by atoms with Crippen molar-refractivity contribution in [3.05, 3.63) is 31.2 Å². The second kappa shape index (κ2) is 10.9. The van der Waals surface area contributed by atoms with Crippen LogP contribution < -0.4 is 0 Å². The van der Waals surface area contributed by atoms with Crippen LogP contribution in [0, 0.1) is 0 Å². The van der Waals surface area contributed by atoms with Gasteiger partial charge in [-0.05, 0) is 6.42 Å². The van der Waals surface area contributed by atoms with Crippen molar-refractivity contribution in [2.45, 2.75) is 71.1 Å². The number of hydrogen-bond acceptors (Lipinski definition) is 2. The van der Waals surface area contributed by atoms with Crippen LogP contribution in [0.3, 0.4) is 0 Å². The number of hydrogen-bond donors (Lipinski definition) is 0. The van der Waals surface area contributed by atoms with Crippen molar-refractivity contribution in [3.8, 4) is 0 Å². The van der Waals surface area contributed by atoms with Crippen LogP contribution in [-0.4, -0.2) is 23.3 Å². The van der Waals surface area contributed by atoms with Crippen molar-refractivity contribution in [1.29, 1.82) is 0 Å². The number of rotatable bonds is 11. The number of fused-ring (bicyclic) bond motifs is 1. The van der Waals surface area contributed by atoms with Gasteiger partial charge in [0.25, 0.3) is 11.8 Å². The summed E-state index contributed by atoms with van der Waals surface area (Å²) in [4.78, 5) is 26.4. The van der Waals surface area contributed by atoms with E-state index in [0.717, 1.165) is 19.3 Å². The molecule has 7 heteroatoms. The molecule has 0 saturated carbocycles. The van der Waals surface area contributed by atoms with Gasteiger partial charge in [0.05, 0.1) is 31.2 Å².